The third-order valence-corrected chi connectivity index (χ3v) is 7.12. The van der Waals surface area contributed by atoms with Gasteiger partial charge in [-0.25, -0.2) is 0 Å². The number of hydrogen-bond acceptors (Lipinski definition) is 4. The van der Waals surface area contributed by atoms with Gasteiger partial charge in [-0.1, -0.05) is 20.8 Å². The summed E-state index contributed by atoms with van der Waals surface area (Å²) in [6, 6.07) is 0.322. The minimum atomic E-state index is -0.0615. The van der Waals surface area contributed by atoms with E-state index < -0.39 is 0 Å². The fourth-order valence-electron chi connectivity index (χ4n) is 3.34. The van der Waals surface area contributed by atoms with Crippen LogP contribution >= 0.6 is 11.8 Å². The number of nitrogens with two attached hydrogens (primary N) is 1. The molecule has 0 heterocycles. The van der Waals surface area contributed by atoms with Crippen LogP contribution in [0.4, 0.5) is 0 Å². The molecule has 2 aliphatic rings. The van der Waals surface area contributed by atoms with Crippen LogP contribution in [0.1, 0.15) is 59.3 Å². The van der Waals surface area contributed by atoms with Gasteiger partial charge in [0.25, 0.3) is 0 Å². The second-order valence-electron chi connectivity index (χ2n) is 8.14. The Morgan fingerprint density at radius 1 is 1.33 bits per heavy atom. The van der Waals surface area contributed by atoms with Gasteiger partial charge in [-0.2, -0.15) is 11.8 Å². The predicted molar refractivity (Wildman–Crippen MR) is 89.3 cm³/mol. The van der Waals surface area contributed by atoms with Crippen molar-refractivity contribution >= 4 is 17.7 Å². The molecule has 2 saturated carbocycles. The zero-order valence-electron chi connectivity index (χ0n) is 14.0. The summed E-state index contributed by atoms with van der Waals surface area (Å²) < 4.78 is 4.83. The quantitative estimate of drug-likeness (QED) is 0.788. The molecule has 122 valence electrons. The van der Waals surface area contributed by atoms with Gasteiger partial charge in [0.1, 0.15) is 0 Å². The molecule has 0 aromatic heterocycles. The minimum absolute atomic E-state index is 0.0615. The number of ether oxygens (including phenoxy) is 1. The molecular weight excluding hydrogens is 282 g/mol. The number of esters is 1. The van der Waals surface area contributed by atoms with Crippen LogP contribution in [-0.2, 0) is 9.53 Å². The number of methoxy groups -OCH3 is 1. The van der Waals surface area contributed by atoms with Crippen LogP contribution in [-0.4, -0.2) is 30.1 Å². The first kappa shape index (κ1) is 17.1. The summed E-state index contributed by atoms with van der Waals surface area (Å²) >= 11 is 2.01. The van der Waals surface area contributed by atoms with E-state index in [1.54, 1.807) is 0 Å². The number of carbonyl (C=O) groups is 1. The Bertz CT molecular complexity index is 373. The molecule has 0 spiro atoms. The number of hydrogen-bond donors (Lipinski definition) is 1. The van der Waals surface area contributed by atoms with E-state index in [0.29, 0.717) is 23.1 Å². The lowest BCUT2D eigenvalue weighted by Crippen LogP contribution is -2.42. The van der Waals surface area contributed by atoms with Gasteiger partial charge in [0.2, 0.25) is 0 Å². The third-order valence-electron chi connectivity index (χ3n) is 5.38. The highest BCUT2D eigenvalue weighted by molar-refractivity contribution is 8.00. The van der Waals surface area contributed by atoms with Gasteiger partial charge in [-0.3, -0.25) is 4.79 Å². The topological polar surface area (TPSA) is 52.3 Å². The first-order valence-electron chi connectivity index (χ1n) is 8.20. The van der Waals surface area contributed by atoms with Gasteiger partial charge < -0.3 is 10.5 Å². The average Bonchev–Trinajstić information content (AvgIpc) is 3.16. The molecule has 21 heavy (non-hydrogen) atoms. The van der Waals surface area contributed by atoms with Gasteiger partial charge in [-0.05, 0) is 54.6 Å². The van der Waals surface area contributed by atoms with Crippen LogP contribution in [0.25, 0.3) is 0 Å². The second kappa shape index (κ2) is 6.49. The lowest BCUT2D eigenvalue weighted by atomic mass is 9.71. The molecule has 0 radical (unpaired) electrons. The highest BCUT2D eigenvalue weighted by Crippen LogP contribution is 2.53. The van der Waals surface area contributed by atoms with E-state index in [4.69, 9.17) is 10.5 Å². The maximum absolute atomic E-state index is 11.5. The van der Waals surface area contributed by atoms with Crippen molar-refractivity contribution < 1.29 is 9.53 Å². The SMILES string of the molecule is COC(=O)CC1(CSC2CC(C(C)(C)C)CCC2N)CC1. The number of rotatable bonds is 5. The molecule has 3 unspecified atom stereocenters. The predicted octanol–water partition coefficient (Wildman–Crippen LogP) is 3.61. The Kier molecular flexibility index (Phi) is 5.30. The lowest BCUT2D eigenvalue weighted by molar-refractivity contribution is -0.141. The van der Waals surface area contributed by atoms with Crippen molar-refractivity contribution in [1.29, 1.82) is 0 Å². The zero-order chi connectivity index (χ0) is 15.7. The molecule has 2 rings (SSSR count). The van der Waals surface area contributed by atoms with Gasteiger partial charge in [0.15, 0.2) is 0 Å². The Morgan fingerprint density at radius 2 is 2.00 bits per heavy atom. The Morgan fingerprint density at radius 3 is 2.52 bits per heavy atom. The van der Waals surface area contributed by atoms with Crippen LogP contribution in [0.2, 0.25) is 0 Å². The summed E-state index contributed by atoms with van der Waals surface area (Å²) in [5.41, 5.74) is 6.94. The normalized spacial score (nSPS) is 31.8. The van der Waals surface area contributed by atoms with Crippen molar-refractivity contribution in [2.45, 2.75) is 70.6 Å². The van der Waals surface area contributed by atoms with Gasteiger partial charge in [-0.15, -0.1) is 0 Å². The maximum Gasteiger partial charge on any atom is 0.306 e. The fourth-order valence-corrected chi connectivity index (χ4v) is 5.05. The highest BCUT2D eigenvalue weighted by Gasteiger charge is 2.45. The summed E-state index contributed by atoms with van der Waals surface area (Å²) in [4.78, 5) is 11.5. The summed E-state index contributed by atoms with van der Waals surface area (Å²) in [5, 5.41) is 0.554. The van der Waals surface area contributed by atoms with E-state index >= 15 is 0 Å². The van der Waals surface area contributed by atoms with Crippen molar-refractivity contribution in [3.05, 3.63) is 0 Å². The summed E-state index contributed by atoms with van der Waals surface area (Å²) in [7, 11) is 1.48. The molecule has 2 fully saturated rings. The largest absolute Gasteiger partial charge is 0.469 e. The molecule has 0 bridgehead atoms. The molecule has 3 nitrogen and oxygen atoms in total. The van der Waals surface area contributed by atoms with E-state index in [0.717, 1.165) is 18.1 Å². The zero-order valence-corrected chi connectivity index (χ0v) is 14.8. The van der Waals surface area contributed by atoms with Crippen molar-refractivity contribution in [2.75, 3.05) is 12.9 Å². The van der Waals surface area contributed by atoms with E-state index in [9.17, 15) is 4.79 Å². The maximum atomic E-state index is 11.5. The molecule has 0 amide bonds. The van der Waals surface area contributed by atoms with Crippen molar-refractivity contribution in [1.82, 2.24) is 0 Å². The van der Waals surface area contributed by atoms with E-state index in [2.05, 4.69) is 20.8 Å². The molecule has 0 aromatic rings. The molecule has 2 N–H and O–H groups in total. The van der Waals surface area contributed by atoms with Crippen LogP contribution < -0.4 is 5.73 Å². The van der Waals surface area contributed by atoms with Crippen molar-refractivity contribution in [3.8, 4) is 0 Å². The van der Waals surface area contributed by atoms with Gasteiger partial charge in [0, 0.05) is 11.3 Å². The van der Waals surface area contributed by atoms with Crippen LogP contribution in [0.5, 0.6) is 0 Å². The standard InChI is InChI=1S/C17H31NO2S/c1-16(2,3)12-5-6-13(18)14(9-12)21-11-17(7-8-17)10-15(19)20-4/h12-14H,5-11,18H2,1-4H3. The first-order valence-corrected chi connectivity index (χ1v) is 9.25. The Balaban J connectivity index is 1.85. The van der Waals surface area contributed by atoms with Crippen LogP contribution in [0.3, 0.4) is 0 Å². The summed E-state index contributed by atoms with van der Waals surface area (Å²) in [5.74, 6) is 1.77. The minimum Gasteiger partial charge on any atom is -0.469 e. The van der Waals surface area contributed by atoms with Gasteiger partial charge in [0.05, 0.1) is 13.5 Å². The molecule has 0 aromatic carbocycles. The third kappa shape index (κ3) is 4.62. The van der Waals surface area contributed by atoms with E-state index in [1.807, 2.05) is 11.8 Å². The average molecular weight is 314 g/mol. The van der Waals surface area contributed by atoms with Crippen LogP contribution in [0, 0.1) is 16.7 Å². The van der Waals surface area contributed by atoms with E-state index in [-0.39, 0.29) is 11.4 Å². The highest BCUT2D eigenvalue weighted by atomic mass is 32.2. The molecule has 3 atom stereocenters. The van der Waals surface area contributed by atoms with Gasteiger partial charge >= 0.3 is 5.97 Å². The number of carbonyl (C=O) groups excluding carboxylic acids is 1. The molecule has 4 heteroatoms. The molecule has 2 aliphatic carbocycles. The van der Waals surface area contributed by atoms with Crippen LogP contribution in [0.15, 0.2) is 0 Å². The Labute approximate surface area is 133 Å². The summed E-state index contributed by atoms with van der Waals surface area (Å²) in [6.07, 6.45) is 6.54. The van der Waals surface area contributed by atoms with E-state index in [1.165, 1.54) is 32.8 Å². The fraction of sp³-hybridized carbons (Fsp3) is 0.941. The molecular formula is C17H31NO2S. The Hall–Kier alpha value is -0.220. The number of thioether (sulfide) groups is 1. The second-order valence-corrected chi connectivity index (χ2v) is 9.37. The smallest absolute Gasteiger partial charge is 0.306 e. The van der Waals surface area contributed by atoms with Crippen molar-refractivity contribution in [3.63, 3.8) is 0 Å². The summed E-state index contributed by atoms with van der Waals surface area (Å²) in [6.45, 7) is 7.03. The lowest BCUT2D eigenvalue weighted by Gasteiger charge is -2.40. The monoisotopic (exact) mass is 313 g/mol. The molecule has 0 saturated heterocycles. The first-order chi connectivity index (χ1) is 9.76. The van der Waals surface area contributed by atoms with Crippen molar-refractivity contribution in [2.24, 2.45) is 22.5 Å². The molecule has 0 aliphatic heterocycles.